The van der Waals surface area contributed by atoms with E-state index in [9.17, 15) is 13.2 Å². The number of nitrogens with two attached hydrogens (primary N) is 1. The van der Waals surface area contributed by atoms with Crippen LogP contribution in [0.1, 0.15) is 30.3 Å². The average molecular weight is 322 g/mol. The molecule has 118 valence electrons. The van der Waals surface area contributed by atoms with Gasteiger partial charge in [0.25, 0.3) is 5.91 Å². The molecule has 1 amide bonds. The van der Waals surface area contributed by atoms with Crippen LogP contribution in [0.25, 0.3) is 5.69 Å². The molecule has 0 bridgehead atoms. The van der Waals surface area contributed by atoms with Crippen LogP contribution in [-0.4, -0.2) is 30.7 Å². The Kier molecular flexibility index (Phi) is 4.94. The van der Waals surface area contributed by atoms with Gasteiger partial charge in [-0.05, 0) is 24.6 Å². The van der Waals surface area contributed by atoms with Gasteiger partial charge in [-0.1, -0.05) is 25.5 Å². The van der Waals surface area contributed by atoms with E-state index in [4.69, 9.17) is 5.73 Å². The molecule has 0 unspecified atom stereocenters. The Hall–Kier alpha value is -2.19. The lowest BCUT2D eigenvalue weighted by Gasteiger charge is -2.11. The van der Waals surface area contributed by atoms with Crippen molar-refractivity contribution in [2.45, 2.75) is 24.7 Å². The lowest BCUT2D eigenvalue weighted by Crippen LogP contribution is -2.26. The van der Waals surface area contributed by atoms with Gasteiger partial charge >= 0.3 is 0 Å². The van der Waals surface area contributed by atoms with Crippen LogP contribution in [0.3, 0.4) is 0 Å². The predicted octanol–water partition coefficient (Wildman–Crippen LogP) is 1.05. The summed E-state index contributed by atoms with van der Waals surface area (Å²) in [5, 5.41) is 4.00. The average Bonchev–Trinajstić information content (AvgIpc) is 2.97. The molecule has 2 aromatic rings. The van der Waals surface area contributed by atoms with Gasteiger partial charge in [0.1, 0.15) is 10.6 Å². The van der Waals surface area contributed by atoms with Crippen LogP contribution in [-0.2, 0) is 10.0 Å². The van der Waals surface area contributed by atoms with E-state index in [0.29, 0.717) is 12.2 Å². The maximum atomic E-state index is 12.4. The first-order valence-electron chi connectivity index (χ1n) is 6.90. The summed E-state index contributed by atoms with van der Waals surface area (Å²) in [5.41, 5.74) is 5.60. The molecule has 0 radical (unpaired) electrons. The highest BCUT2D eigenvalue weighted by atomic mass is 32.2. The van der Waals surface area contributed by atoms with Crippen molar-refractivity contribution in [3.05, 3.63) is 42.2 Å². The summed E-state index contributed by atoms with van der Waals surface area (Å²) in [6.45, 7) is 2.36. The Balaban J connectivity index is 2.39. The van der Waals surface area contributed by atoms with Gasteiger partial charge in [-0.2, -0.15) is 5.10 Å². The van der Waals surface area contributed by atoms with Crippen molar-refractivity contribution >= 4 is 15.9 Å². The fourth-order valence-corrected chi connectivity index (χ4v) is 3.19. The lowest BCUT2D eigenvalue weighted by atomic mass is 10.3. The standard InChI is InChI=1S/C14H18N4O3S/c1-2-3-9-16-22(20,21)13-7-5-4-6-12(13)18-10-8-11(17-18)14(15)19/h4-8,10,16H,2-3,9H2,1H3,(H2,15,19). The molecule has 7 nitrogen and oxygen atoms in total. The first kappa shape index (κ1) is 16.2. The molecule has 0 saturated carbocycles. The summed E-state index contributed by atoms with van der Waals surface area (Å²) in [4.78, 5) is 11.2. The largest absolute Gasteiger partial charge is 0.364 e. The number of amides is 1. The third kappa shape index (κ3) is 3.52. The van der Waals surface area contributed by atoms with Gasteiger partial charge in [0, 0.05) is 12.7 Å². The zero-order valence-corrected chi connectivity index (χ0v) is 13.0. The van der Waals surface area contributed by atoms with Crippen LogP contribution in [0.4, 0.5) is 0 Å². The van der Waals surface area contributed by atoms with Crippen molar-refractivity contribution in [1.82, 2.24) is 14.5 Å². The van der Waals surface area contributed by atoms with Crippen molar-refractivity contribution in [1.29, 1.82) is 0 Å². The number of benzene rings is 1. The van der Waals surface area contributed by atoms with Gasteiger partial charge in [0.05, 0.1) is 5.69 Å². The van der Waals surface area contributed by atoms with Crippen molar-refractivity contribution < 1.29 is 13.2 Å². The SMILES string of the molecule is CCCCNS(=O)(=O)c1ccccc1-n1ccc(C(N)=O)n1. The minimum absolute atomic E-state index is 0.0751. The Labute approximate surface area is 129 Å². The van der Waals surface area contributed by atoms with Gasteiger partial charge in [-0.25, -0.2) is 17.8 Å². The number of hydrogen-bond acceptors (Lipinski definition) is 4. The number of aromatic nitrogens is 2. The fourth-order valence-electron chi connectivity index (χ4n) is 1.92. The van der Waals surface area contributed by atoms with Crippen LogP contribution < -0.4 is 10.5 Å². The topological polar surface area (TPSA) is 107 Å². The molecular weight excluding hydrogens is 304 g/mol. The summed E-state index contributed by atoms with van der Waals surface area (Å²) in [7, 11) is -3.65. The van der Waals surface area contributed by atoms with E-state index in [1.165, 1.54) is 23.0 Å². The molecule has 2 rings (SSSR count). The Morgan fingerprint density at radius 1 is 1.32 bits per heavy atom. The summed E-state index contributed by atoms with van der Waals surface area (Å²) >= 11 is 0. The predicted molar refractivity (Wildman–Crippen MR) is 82.2 cm³/mol. The quantitative estimate of drug-likeness (QED) is 0.743. The number of nitrogens with one attached hydrogen (secondary N) is 1. The second-order valence-electron chi connectivity index (χ2n) is 4.73. The van der Waals surface area contributed by atoms with Crippen LogP contribution in [0.15, 0.2) is 41.4 Å². The van der Waals surface area contributed by atoms with Gasteiger partial charge < -0.3 is 5.73 Å². The number of hydrogen-bond donors (Lipinski definition) is 2. The molecule has 0 aliphatic carbocycles. The molecule has 0 fully saturated rings. The molecule has 0 saturated heterocycles. The Morgan fingerprint density at radius 2 is 2.05 bits per heavy atom. The summed E-state index contributed by atoms with van der Waals surface area (Å²) in [6, 6.07) is 7.89. The van der Waals surface area contributed by atoms with E-state index in [1.54, 1.807) is 18.2 Å². The zero-order valence-electron chi connectivity index (χ0n) is 12.2. The zero-order chi connectivity index (χ0) is 16.2. The number of para-hydroxylation sites is 1. The van der Waals surface area contributed by atoms with E-state index in [-0.39, 0.29) is 10.6 Å². The van der Waals surface area contributed by atoms with Crippen molar-refractivity contribution in [3.63, 3.8) is 0 Å². The van der Waals surface area contributed by atoms with Crippen LogP contribution >= 0.6 is 0 Å². The number of nitrogens with zero attached hydrogens (tertiary/aromatic N) is 2. The lowest BCUT2D eigenvalue weighted by molar-refractivity contribution is 0.0995. The summed E-state index contributed by atoms with van der Waals surface area (Å²) < 4.78 is 28.7. The van der Waals surface area contributed by atoms with E-state index in [1.807, 2.05) is 6.92 Å². The highest BCUT2D eigenvalue weighted by molar-refractivity contribution is 7.89. The maximum absolute atomic E-state index is 12.4. The molecular formula is C14H18N4O3S. The third-order valence-electron chi connectivity index (χ3n) is 3.07. The van der Waals surface area contributed by atoms with Gasteiger partial charge in [0.2, 0.25) is 10.0 Å². The van der Waals surface area contributed by atoms with Gasteiger partial charge in [0.15, 0.2) is 0 Å². The van der Waals surface area contributed by atoms with Crippen LogP contribution in [0.5, 0.6) is 0 Å². The van der Waals surface area contributed by atoms with Gasteiger partial charge in [-0.3, -0.25) is 4.79 Å². The minimum Gasteiger partial charge on any atom is -0.364 e. The number of sulfonamides is 1. The molecule has 1 aromatic heterocycles. The number of primary amides is 1. The van der Waals surface area contributed by atoms with Crippen molar-refractivity contribution in [2.75, 3.05) is 6.54 Å². The normalized spacial score (nSPS) is 11.5. The highest BCUT2D eigenvalue weighted by Gasteiger charge is 2.19. The summed E-state index contributed by atoms with van der Waals surface area (Å²) in [6.07, 6.45) is 3.15. The number of carbonyl (C=O) groups is 1. The second kappa shape index (κ2) is 6.71. The van der Waals surface area contributed by atoms with E-state index in [0.717, 1.165) is 12.8 Å². The van der Waals surface area contributed by atoms with Crippen LogP contribution in [0, 0.1) is 0 Å². The first-order chi connectivity index (χ1) is 10.5. The minimum atomic E-state index is -3.65. The van der Waals surface area contributed by atoms with E-state index < -0.39 is 15.9 Å². The molecule has 1 aromatic carbocycles. The summed E-state index contributed by atoms with van der Waals surface area (Å²) in [5.74, 6) is -0.667. The van der Waals surface area contributed by atoms with Crippen LogP contribution in [0.2, 0.25) is 0 Å². The molecule has 22 heavy (non-hydrogen) atoms. The Bertz CT molecular complexity index is 768. The molecule has 0 spiro atoms. The molecule has 1 heterocycles. The second-order valence-corrected chi connectivity index (χ2v) is 6.46. The number of rotatable bonds is 7. The highest BCUT2D eigenvalue weighted by Crippen LogP contribution is 2.19. The first-order valence-corrected chi connectivity index (χ1v) is 8.38. The van der Waals surface area contributed by atoms with Crippen molar-refractivity contribution in [2.24, 2.45) is 5.73 Å². The molecule has 0 atom stereocenters. The number of carbonyl (C=O) groups excluding carboxylic acids is 1. The van der Waals surface area contributed by atoms with Gasteiger partial charge in [-0.15, -0.1) is 0 Å². The Morgan fingerprint density at radius 3 is 2.68 bits per heavy atom. The number of unbranched alkanes of at least 4 members (excludes halogenated alkanes) is 1. The monoisotopic (exact) mass is 322 g/mol. The molecule has 3 N–H and O–H groups in total. The van der Waals surface area contributed by atoms with Crippen molar-refractivity contribution in [3.8, 4) is 5.69 Å². The molecule has 0 aliphatic rings. The smallest absolute Gasteiger partial charge is 0.269 e. The third-order valence-corrected chi connectivity index (χ3v) is 4.57. The molecule has 0 aliphatic heterocycles. The van der Waals surface area contributed by atoms with E-state index in [2.05, 4.69) is 9.82 Å². The fraction of sp³-hybridized carbons (Fsp3) is 0.286. The van der Waals surface area contributed by atoms with E-state index >= 15 is 0 Å². The molecule has 8 heteroatoms. The maximum Gasteiger partial charge on any atom is 0.269 e.